The quantitative estimate of drug-likeness (QED) is 0.760. The molecule has 2 aromatic rings. The van der Waals surface area contributed by atoms with Gasteiger partial charge in [0.2, 0.25) is 0 Å². The van der Waals surface area contributed by atoms with Crippen molar-refractivity contribution >= 4 is 35.2 Å². The molecule has 3 N–H and O–H groups in total. The zero-order valence-electron chi connectivity index (χ0n) is 16.3. The average Bonchev–Trinajstić information content (AvgIpc) is 3.01. The molecule has 156 valence electrons. The number of aliphatic hydroxyl groups is 1. The lowest BCUT2D eigenvalue weighted by Gasteiger charge is -2.34. The van der Waals surface area contributed by atoms with E-state index in [0.717, 1.165) is 0 Å². The van der Waals surface area contributed by atoms with E-state index in [4.69, 9.17) is 33.7 Å². The van der Waals surface area contributed by atoms with Crippen LogP contribution in [-0.2, 0) is 11.3 Å². The molecule has 0 spiro atoms. The number of fused-ring (bicyclic) bond motifs is 1. The van der Waals surface area contributed by atoms with E-state index < -0.39 is 23.6 Å². The Morgan fingerprint density at radius 2 is 2.00 bits per heavy atom. The Labute approximate surface area is 178 Å². The first kappa shape index (κ1) is 21.4. The van der Waals surface area contributed by atoms with Crippen molar-refractivity contribution in [3.63, 3.8) is 0 Å². The Hall–Kier alpha value is -2.29. The second-order valence-electron chi connectivity index (χ2n) is 7.81. The first-order valence-corrected chi connectivity index (χ1v) is 9.72. The van der Waals surface area contributed by atoms with E-state index in [1.54, 1.807) is 43.7 Å². The highest BCUT2D eigenvalue weighted by Crippen LogP contribution is 2.34. The molecule has 1 aliphatic rings. The molecular formula is C19H22Cl2N4O4. The minimum absolute atomic E-state index is 0.0675. The molecule has 0 saturated heterocycles. The fourth-order valence-electron chi connectivity index (χ4n) is 3.20. The lowest BCUT2D eigenvalue weighted by Crippen LogP contribution is -2.45. The monoisotopic (exact) mass is 440 g/mol. The highest BCUT2D eigenvalue weighted by atomic mass is 35.5. The van der Waals surface area contributed by atoms with Gasteiger partial charge in [-0.15, -0.1) is 0 Å². The summed E-state index contributed by atoms with van der Waals surface area (Å²) in [6.07, 6.45) is -0.546. The predicted molar refractivity (Wildman–Crippen MR) is 109 cm³/mol. The van der Waals surface area contributed by atoms with Crippen molar-refractivity contribution in [1.29, 1.82) is 0 Å². The number of primary amides is 1. The van der Waals surface area contributed by atoms with Gasteiger partial charge in [-0.2, -0.15) is 5.10 Å². The maximum Gasteiger partial charge on any atom is 0.410 e. The summed E-state index contributed by atoms with van der Waals surface area (Å²) < 4.78 is 6.97. The third-order valence-electron chi connectivity index (χ3n) is 4.43. The minimum atomic E-state index is -0.699. The number of benzene rings is 1. The molecule has 8 nitrogen and oxygen atoms in total. The molecule has 29 heavy (non-hydrogen) atoms. The Bertz CT molecular complexity index is 968. The van der Waals surface area contributed by atoms with E-state index in [2.05, 4.69) is 5.10 Å². The maximum absolute atomic E-state index is 12.6. The van der Waals surface area contributed by atoms with Gasteiger partial charge in [-0.3, -0.25) is 9.48 Å². The van der Waals surface area contributed by atoms with Crippen LogP contribution in [0.5, 0.6) is 0 Å². The smallest absolute Gasteiger partial charge is 0.410 e. The highest BCUT2D eigenvalue weighted by molar-refractivity contribution is 6.42. The number of nitrogens with two attached hydrogens (primary N) is 1. The number of ether oxygens (including phenoxy) is 1. The molecule has 1 unspecified atom stereocenters. The van der Waals surface area contributed by atoms with Gasteiger partial charge in [-0.05, 0) is 32.9 Å². The number of halogens is 2. The summed E-state index contributed by atoms with van der Waals surface area (Å²) in [4.78, 5) is 26.3. The van der Waals surface area contributed by atoms with Crippen LogP contribution < -0.4 is 5.73 Å². The summed E-state index contributed by atoms with van der Waals surface area (Å²) in [5.41, 5.74) is 6.43. The van der Waals surface area contributed by atoms with Crippen LogP contribution in [0.1, 0.15) is 42.9 Å². The first-order valence-electron chi connectivity index (χ1n) is 8.97. The molecule has 1 aliphatic heterocycles. The Balaban J connectivity index is 2.08. The molecule has 1 aromatic heterocycles. The molecular weight excluding hydrogens is 419 g/mol. The van der Waals surface area contributed by atoms with Crippen molar-refractivity contribution in [2.24, 2.45) is 5.73 Å². The van der Waals surface area contributed by atoms with Crippen molar-refractivity contribution in [1.82, 2.24) is 14.7 Å². The lowest BCUT2D eigenvalue weighted by molar-refractivity contribution is 0.0127. The van der Waals surface area contributed by atoms with Gasteiger partial charge < -0.3 is 20.5 Å². The standard InChI is InChI=1S/C19H22Cl2N4O4/c1-19(2,3)29-18(28)24-7-11(9-26)25-14(8-24)15(17(22)27)16(23-25)10-4-5-12(20)13(21)6-10/h4-6,11,26H,7-9H2,1-3H3,(H2,22,27). The van der Waals surface area contributed by atoms with Crippen LogP contribution in [0, 0.1) is 0 Å². The Kier molecular flexibility index (Phi) is 5.80. The predicted octanol–water partition coefficient (Wildman–Crippen LogP) is 3.24. The van der Waals surface area contributed by atoms with Crippen molar-refractivity contribution in [3.8, 4) is 11.3 Å². The molecule has 1 atom stereocenters. The number of carbonyl (C=O) groups is 2. The molecule has 1 aromatic carbocycles. The summed E-state index contributed by atoms with van der Waals surface area (Å²) >= 11 is 12.1. The summed E-state index contributed by atoms with van der Waals surface area (Å²) in [7, 11) is 0. The largest absolute Gasteiger partial charge is 0.444 e. The van der Waals surface area contributed by atoms with Crippen molar-refractivity contribution in [3.05, 3.63) is 39.5 Å². The van der Waals surface area contributed by atoms with Gasteiger partial charge in [-0.1, -0.05) is 29.3 Å². The van der Waals surface area contributed by atoms with Crippen molar-refractivity contribution < 1.29 is 19.4 Å². The summed E-state index contributed by atoms with van der Waals surface area (Å²) in [6, 6.07) is 4.30. The number of aromatic nitrogens is 2. The van der Waals surface area contributed by atoms with E-state index in [-0.39, 0.29) is 25.3 Å². The van der Waals surface area contributed by atoms with Gasteiger partial charge in [0.25, 0.3) is 5.91 Å². The van der Waals surface area contributed by atoms with Gasteiger partial charge in [0.1, 0.15) is 11.3 Å². The lowest BCUT2D eigenvalue weighted by atomic mass is 10.0. The normalized spacial score (nSPS) is 16.5. The maximum atomic E-state index is 12.6. The molecule has 2 amide bonds. The number of hydrogen-bond donors (Lipinski definition) is 2. The third-order valence-corrected chi connectivity index (χ3v) is 5.17. The number of rotatable bonds is 3. The van der Waals surface area contributed by atoms with Crippen LogP contribution in [0.4, 0.5) is 4.79 Å². The second kappa shape index (κ2) is 7.85. The van der Waals surface area contributed by atoms with Gasteiger partial charge in [-0.25, -0.2) is 4.79 Å². The van der Waals surface area contributed by atoms with Gasteiger partial charge in [0.05, 0.1) is 40.5 Å². The molecule has 0 saturated carbocycles. The van der Waals surface area contributed by atoms with Gasteiger partial charge in [0.15, 0.2) is 0 Å². The zero-order valence-corrected chi connectivity index (χ0v) is 17.8. The minimum Gasteiger partial charge on any atom is -0.444 e. The zero-order chi connectivity index (χ0) is 21.5. The van der Waals surface area contributed by atoms with Crippen LogP contribution in [0.25, 0.3) is 11.3 Å². The molecule has 0 aliphatic carbocycles. The van der Waals surface area contributed by atoms with E-state index in [9.17, 15) is 14.7 Å². The van der Waals surface area contributed by atoms with E-state index >= 15 is 0 Å². The van der Waals surface area contributed by atoms with E-state index in [1.807, 2.05) is 0 Å². The van der Waals surface area contributed by atoms with Gasteiger partial charge in [0, 0.05) is 12.1 Å². The van der Waals surface area contributed by atoms with Crippen LogP contribution in [0.2, 0.25) is 10.0 Å². The third kappa shape index (κ3) is 4.34. The number of nitrogens with zero attached hydrogens (tertiary/aromatic N) is 3. The molecule has 2 heterocycles. The first-order chi connectivity index (χ1) is 13.5. The highest BCUT2D eigenvalue weighted by Gasteiger charge is 2.36. The molecule has 0 radical (unpaired) electrons. The fourth-order valence-corrected chi connectivity index (χ4v) is 3.50. The average molecular weight is 441 g/mol. The Morgan fingerprint density at radius 1 is 1.31 bits per heavy atom. The number of aliphatic hydroxyl groups excluding tert-OH is 1. The fraction of sp³-hybridized carbons (Fsp3) is 0.421. The Morgan fingerprint density at radius 3 is 2.55 bits per heavy atom. The second-order valence-corrected chi connectivity index (χ2v) is 8.62. The van der Waals surface area contributed by atoms with Crippen LogP contribution in [0.3, 0.4) is 0 Å². The molecule has 0 fully saturated rings. The number of carbonyl (C=O) groups excluding carboxylic acids is 2. The molecule has 10 heteroatoms. The number of hydrogen-bond acceptors (Lipinski definition) is 5. The molecule has 3 rings (SSSR count). The van der Waals surface area contributed by atoms with Crippen LogP contribution in [0.15, 0.2) is 18.2 Å². The summed E-state index contributed by atoms with van der Waals surface area (Å²) in [6.45, 7) is 5.25. The van der Waals surface area contributed by atoms with E-state index in [0.29, 0.717) is 27.0 Å². The topological polar surface area (TPSA) is 111 Å². The van der Waals surface area contributed by atoms with Crippen molar-refractivity contribution in [2.75, 3.05) is 13.2 Å². The van der Waals surface area contributed by atoms with Crippen LogP contribution in [-0.4, -0.2) is 50.5 Å². The molecule has 0 bridgehead atoms. The van der Waals surface area contributed by atoms with Crippen LogP contribution >= 0.6 is 23.2 Å². The number of amides is 2. The summed E-state index contributed by atoms with van der Waals surface area (Å²) in [5.74, 6) is -0.699. The summed E-state index contributed by atoms with van der Waals surface area (Å²) in [5, 5.41) is 15.0. The SMILES string of the molecule is CC(C)(C)OC(=O)N1Cc2c(C(N)=O)c(-c3ccc(Cl)c(Cl)c3)nn2C(CO)C1. The van der Waals surface area contributed by atoms with Crippen molar-refractivity contribution in [2.45, 2.75) is 39.0 Å². The van der Waals surface area contributed by atoms with Gasteiger partial charge >= 0.3 is 6.09 Å². The van der Waals surface area contributed by atoms with E-state index in [1.165, 1.54) is 4.90 Å².